The molecule has 1 nitrogen and oxygen atoms in total. The quantitative estimate of drug-likeness (QED) is 0.835. The number of hydrogen-bond donors (Lipinski definition) is 1. The summed E-state index contributed by atoms with van der Waals surface area (Å²) >= 11 is 8.70. The van der Waals surface area contributed by atoms with Crippen LogP contribution in [0.15, 0.2) is 61.2 Å². The highest BCUT2D eigenvalue weighted by molar-refractivity contribution is 9.10. The highest BCUT2D eigenvalue weighted by Gasteiger charge is 2.04. The van der Waals surface area contributed by atoms with Crippen molar-refractivity contribution in [3.63, 3.8) is 0 Å². The van der Waals surface area contributed by atoms with E-state index in [0.29, 0.717) is 6.54 Å². The minimum absolute atomic E-state index is 0.559. The van der Waals surface area contributed by atoms with Gasteiger partial charge in [0.25, 0.3) is 0 Å². The van der Waals surface area contributed by atoms with Gasteiger partial charge in [0.1, 0.15) is 0 Å². The molecule has 0 bridgehead atoms. The largest absolute Gasteiger partial charge is 0.326 e. The summed E-state index contributed by atoms with van der Waals surface area (Å²) in [6, 6.07) is 14.4. The summed E-state index contributed by atoms with van der Waals surface area (Å²) in [6.45, 7) is 0.559. The number of benzene rings is 2. The van der Waals surface area contributed by atoms with E-state index >= 15 is 0 Å². The van der Waals surface area contributed by atoms with E-state index in [2.05, 4.69) is 56.1 Å². The van der Waals surface area contributed by atoms with Crippen molar-refractivity contribution < 1.29 is 0 Å². The molecule has 0 amide bonds. The maximum Gasteiger partial charge on any atom is 0.0189 e. The lowest BCUT2D eigenvalue weighted by Crippen LogP contribution is -1.97. The second-order valence-corrected chi connectivity index (χ2v) is 6.46. The van der Waals surface area contributed by atoms with E-state index < -0.39 is 0 Å². The molecule has 4 heteroatoms. The minimum atomic E-state index is 0.559. The topological polar surface area (TPSA) is 26.0 Å². The molecule has 0 spiro atoms. The Balaban J connectivity index is 2.32. The summed E-state index contributed by atoms with van der Waals surface area (Å²) in [5.74, 6) is 0. The third-order valence-electron chi connectivity index (χ3n) is 2.27. The van der Waals surface area contributed by atoms with Crippen molar-refractivity contribution in [2.45, 2.75) is 16.3 Å². The average Bonchev–Trinajstić information content (AvgIpc) is 2.29. The zero-order valence-corrected chi connectivity index (χ0v) is 13.0. The lowest BCUT2D eigenvalue weighted by molar-refractivity contribution is 1.02. The molecule has 0 aliphatic heterocycles. The molecule has 2 rings (SSSR count). The van der Waals surface area contributed by atoms with Gasteiger partial charge in [-0.1, -0.05) is 55.8 Å². The molecule has 2 aromatic rings. The molecule has 0 heterocycles. The average molecular weight is 373 g/mol. The van der Waals surface area contributed by atoms with E-state index in [4.69, 9.17) is 5.73 Å². The molecule has 88 valence electrons. The standard InChI is InChI=1S/C13H11Br2NS/c14-10-2-1-3-12(6-10)17-13-7-11(15)5-4-9(13)8-16/h1-7H,8,16H2. The van der Waals surface area contributed by atoms with Crippen LogP contribution in [0.3, 0.4) is 0 Å². The fourth-order valence-electron chi connectivity index (χ4n) is 1.45. The summed E-state index contributed by atoms with van der Waals surface area (Å²) < 4.78 is 2.17. The Morgan fingerprint density at radius 1 is 1.00 bits per heavy atom. The first-order valence-electron chi connectivity index (χ1n) is 5.11. The van der Waals surface area contributed by atoms with Gasteiger partial charge < -0.3 is 5.73 Å². The predicted molar refractivity (Wildman–Crippen MR) is 80.3 cm³/mol. The summed E-state index contributed by atoms with van der Waals surface area (Å²) in [5.41, 5.74) is 6.91. The van der Waals surface area contributed by atoms with Crippen LogP contribution in [-0.4, -0.2) is 0 Å². The lowest BCUT2D eigenvalue weighted by Gasteiger charge is -2.08. The molecule has 0 aromatic heterocycles. The van der Waals surface area contributed by atoms with Crippen molar-refractivity contribution in [2.75, 3.05) is 0 Å². The van der Waals surface area contributed by atoms with E-state index in [0.717, 1.165) is 14.5 Å². The fraction of sp³-hybridized carbons (Fsp3) is 0.0769. The summed E-state index contributed by atoms with van der Waals surface area (Å²) in [4.78, 5) is 2.40. The van der Waals surface area contributed by atoms with Crippen LogP contribution >= 0.6 is 43.6 Å². The fourth-order valence-corrected chi connectivity index (χ4v) is 3.57. The van der Waals surface area contributed by atoms with Crippen LogP contribution in [0, 0.1) is 0 Å². The molecule has 0 aliphatic carbocycles. The van der Waals surface area contributed by atoms with Gasteiger partial charge in [0.05, 0.1) is 0 Å². The molecule has 0 unspecified atom stereocenters. The van der Waals surface area contributed by atoms with Crippen molar-refractivity contribution in [1.29, 1.82) is 0 Å². The third-order valence-corrected chi connectivity index (χ3v) is 4.35. The van der Waals surface area contributed by atoms with Crippen LogP contribution < -0.4 is 5.73 Å². The maximum absolute atomic E-state index is 5.75. The van der Waals surface area contributed by atoms with Gasteiger partial charge in [-0.25, -0.2) is 0 Å². The van der Waals surface area contributed by atoms with Gasteiger partial charge in [0.15, 0.2) is 0 Å². The predicted octanol–water partition coefficient (Wildman–Crippen LogP) is 4.82. The molecule has 0 atom stereocenters. The minimum Gasteiger partial charge on any atom is -0.326 e. The van der Waals surface area contributed by atoms with Crippen LogP contribution in [0.4, 0.5) is 0 Å². The van der Waals surface area contributed by atoms with Gasteiger partial charge in [-0.05, 0) is 35.9 Å². The molecule has 2 aromatic carbocycles. The maximum atomic E-state index is 5.75. The Kier molecular flexibility index (Phi) is 4.68. The van der Waals surface area contributed by atoms with Crippen molar-refractivity contribution in [2.24, 2.45) is 5.73 Å². The lowest BCUT2D eigenvalue weighted by atomic mass is 10.2. The molecular formula is C13H11Br2NS. The monoisotopic (exact) mass is 371 g/mol. The Bertz CT molecular complexity index is 529. The SMILES string of the molecule is NCc1ccc(Br)cc1Sc1cccc(Br)c1. The van der Waals surface area contributed by atoms with E-state index in [1.54, 1.807) is 11.8 Å². The molecule has 17 heavy (non-hydrogen) atoms. The van der Waals surface area contributed by atoms with Gasteiger partial charge >= 0.3 is 0 Å². The smallest absolute Gasteiger partial charge is 0.0189 e. The molecular weight excluding hydrogens is 362 g/mol. The Hall–Kier alpha value is -0.290. The first-order valence-corrected chi connectivity index (χ1v) is 7.51. The van der Waals surface area contributed by atoms with Crippen LogP contribution in [0.25, 0.3) is 0 Å². The van der Waals surface area contributed by atoms with Crippen LogP contribution in [0.2, 0.25) is 0 Å². The number of hydrogen-bond acceptors (Lipinski definition) is 2. The molecule has 0 aliphatic rings. The van der Waals surface area contributed by atoms with Gasteiger partial charge in [0.2, 0.25) is 0 Å². The highest BCUT2D eigenvalue weighted by Crippen LogP contribution is 2.33. The Morgan fingerprint density at radius 2 is 1.76 bits per heavy atom. The van der Waals surface area contributed by atoms with Crippen molar-refractivity contribution in [3.8, 4) is 0 Å². The van der Waals surface area contributed by atoms with Gasteiger partial charge in [-0.15, -0.1) is 0 Å². The first-order chi connectivity index (χ1) is 8.19. The van der Waals surface area contributed by atoms with Crippen LogP contribution in [0.1, 0.15) is 5.56 Å². The molecule has 0 saturated heterocycles. The highest BCUT2D eigenvalue weighted by atomic mass is 79.9. The van der Waals surface area contributed by atoms with Gasteiger partial charge in [-0.2, -0.15) is 0 Å². The number of halogens is 2. The van der Waals surface area contributed by atoms with Crippen molar-refractivity contribution >= 4 is 43.6 Å². The normalized spacial score (nSPS) is 10.5. The molecule has 0 radical (unpaired) electrons. The first kappa shape index (κ1) is 13.1. The van der Waals surface area contributed by atoms with Crippen LogP contribution in [0.5, 0.6) is 0 Å². The van der Waals surface area contributed by atoms with Crippen molar-refractivity contribution in [3.05, 3.63) is 57.0 Å². The van der Waals surface area contributed by atoms with Crippen molar-refractivity contribution in [1.82, 2.24) is 0 Å². The number of rotatable bonds is 3. The summed E-state index contributed by atoms with van der Waals surface area (Å²) in [7, 11) is 0. The summed E-state index contributed by atoms with van der Waals surface area (Å²) in [6.07, 6.45) is 0. The second-order valence-electron chi connectivity index (χ2n) is 3.52. The van der Waals surface area contributed by atoms with E-state index in [-0.39, 0.29) is 0 Å². The zero-order valence-electron chi connectivity index (χ0n) is 8.99. The van der Waals surface area contributed by atoms with Gasteiger partial charge in [-0.3, -0.25) is 0 Å². The summed E-state index contributed by atoms with van der Waals surface area (Å²) in [5, 5.41) is 0. The number of nitrogens with two attached hydrogens (primary N) is 1. The molecule has 0 fully saturated rings. The third kappa shape index (κ3) is 3.58. The Labute approximate surface area is 122 Å². The Morgan fingerprint density at radius 3 is 2.47 bits per heavy atom. The zero-order chi connectivity index (χ0) is 12.3. The second kappa shape index (κ2) is 6.05. The van der Waals surface area contributed by atoms with Crippen LogP contribution in [-0.2, 0) is 6.54 Å². The van der Waals surface area contributed by atoms with E-state index in [1.165, 1.54) is 9.79 Å². The van der Waals surface area contributed by atoms with Gasteiger partial charge in [0, 0.05) is 25.3 Å². The van der Waals surface area contributed by atoms with E-state index in [9.17, 15) is 0 Å². The molecule has 2 N–H and O–H groups in total. The molecule has 0 saturated carbocycles. The van der Waals surface area contributed by atoms with E-state index in [1.807, 2.05) is 18.2 Å².